The average molecular weight is 348 g/mol. The SMILES string of the molecule is O=C1CCC[C@H](C(=O)NCCc2nc(-c3ccc(Cl)cc3)n[nH]2)N1. The largest absolute Gasteiger partial charge is 0.354 e. The fourth-order valence-electron chi connectivity index (χ4n) is 2.56. The predicted molar refractivity (Wildman–Crippen MR) is 89.3 cm³/mol. The Morgan fingerprint density at radius 1 is 1.33 bits per heavy atom. The van der Waals surface area contributed by atoms with E-state index in [0.29, 0.717) is 42.5 Å². The van der Waals surface area contributed by atoms with Crippen molar-refractivity contribution in [3.63, 3.8) is 0 Å². The zero-order valence-corrected chi connectivity index (χ0v) is 13.8. The molecule has 0 unspecified atom stereocenters. The molecule has 1 fully saturated rings. The van der Waals surface area contributed by atoms with Crippen molar-refractivity contribution >= 4 is 23.4 Å². The van der Waals surface area contributed by atoms with Crippen LogP contribution in [0.25, 0.3) is 11.4 Å². The summed E-state index contributed by atoms with van der Waals surface area (Å²) in [6.45, 7) is 0.431. The van der Waals surface area contributed by atoms with Gasteiger partial charge in [0.05, 0.1) is 0 Å². The maximum atomic E-state index is 12.0. The summed E-state index contributed by atoms with van der Waals surface area (Å²) in [5, 5.41) is 13.2. The summed E-state index contributed by atoms with van der Waals surface area (Å²) < 4.78 is 0. The summed E-state index contributed by atoms with van der Waals surface area (Å²) in [6, 6.07) is 6.84. The monoisotopic (exact) mass is 347 g/mol. The van der Waals surface area contributed by atoms with Gasteiger partial charge in [0.25, 0.3) is 0 Å². The van der Waals surface area contributed by atoms with Crippen molar-refractivity contribution in [2.45, 2.75) is 31.7 Å². The predicted octanol–water partition coefficient (Wildman–Crippen LogP) is 1.45. The molecule has 3 rings (SSSR count). The summed E-state index contributed by atoms with van der Waals surface area (Å²) in [4.78, 5) is 27.7. The van der Waals surface area contributed by atoms with Gasteiger partial charge in [-0.05, 0) is 37.1 Å². The quantitative estimate of drug-likeness (QED) is 0.762. The number of hydrogen-bond donors (Lipinski definition) is 3. The molecule has 7 nitrogen and oxygen atoms in total. The molecule has 1 atom stereocenters. The summed E-state index contributed by atoms with van der Waals surface area (Å²) in [5.41, 5.74) is 0.871. The Balaban J connectivity index is 1.49. The molecule has 2 aromatic rings. The molecule has 1 saturated heterocycles. The Hall–Kier alpha value is -2.41. The summed E-state index contributed by atoms with van der Waals surface area (Å²) in [6.07, 6.45) is 2.46. The first-order valence-electron chi connectivity index (χ1n) is 7.86. The van der Waals surface area contributed by atoms with Crippen LogP contribution in [0.5, 0.6) is 0 Å². The average Bonchev–Trinajstić information content (AvgIpc) is 3.04. The highest BCUT2D eigenvalue weighted by Gasteiger charge is 2.24. The van der Waals surface area contributed by atoms with Gasteiger partial charge in [0.1, 0.15) is 11.9 Å². The lowest BCUT2D eigenvalue weighted by Gasteiger charge is -2.22. The number of benzene rings is 1. The van der Waals surface area contributed by atoms with Crippen LogP contribution < -0.4 is 10.6 Å². The lowest BCUT2D eigenvalue weighted by molar-refractivity contribution is -0.130. The maximum Gasteiger partial charge on any atom is 0.242 e. The van der Waals surface area contributed by atoms with Gasteiger partial charge in [-0.2, -0.15) is 5.10 Å². The van der Waals surface area contributed by atoms with Crippen molar-refractivity contribution < 1.29 is 9.59 Å². The second-order valence-corrected chi connectivity index (χ2v) is 6.10. The van der Waals surface area contributed by atoms with Crippen LogP contribution >= 0.6 is 11.6 Å². The minimum absolute atomic E-state index is 0.0655. The van der Waals surface area contributed by atoms with Gasteiger partial charge in [0.15, 0.2) is 5.82 Å². The molecule has 1 aromatic carbocycles. The molecule has 0 radical (unpaired) electrons. The Morgan fingerprint density at radius 2 is 2.12 bits per heavy atom. The van der Waals surface area contributed by atoms with Crippen molar-refractivity contribution in [1.82, 2.24) is 25.8 Å². The summed E-state index contributed by atoms with van der Waals surface area (Å²) in [7, 11) is 0. The number of nitrogens with one attached hydrogen (secondary N) is 3. The fourth-order valence-corrected chi connectivity index (χ4v) is 2.69. The number of H-pyrrole nitrogens is 1. The van der Waals surface area contributed by atoms with Crippen LogP contribution in [0, 0.1) is 0 Å². The first-order valence-corrected chi connectivity index (χ1v) is 8.24. The van der Waals surface area contributed by atoms with E-state index in [2.05, 4.69) is 25.8 Å². The third-order valence-electron chi connectivity index (χ3n) is 3.84. The standard InChI is InChI=1S/C16H18ClN5O2/c17-11-6-4-10(5-7-11)15-20-13(21-22-15)8-9-18-16(24)12-2-1-3-14(23)19-12/h4-7,12H,1-3,8-9H2,(H,18,24)(H,19,23)(H,20,21,22)/t12-/m1/s1. The fraction of sp³-hybridized carbons (Fsp3) is 0.375. The van der Waals surface area contributed by atoms with Crippen LogP contribution in [0.3, 0.4) is 0 Å². The Kier molecular flexibility index (Phi) is 5.10. The Morgan fingerprint density at radius 3 is 2.88 bits per heavy atom. The molecule has 8 heteroatoms. The topological polar surface area (TPSA) is 99.8 Å². The van der Waals surface area contributed by atoms with Crippen LogP contribution in [0.4, 0.5) is 0 Å². The minimum atomic E-state index is -0.425. The van der Waals surface area contributed by atoms with E-state index in [1.54, 1.807) is 12.1 Å². The third kappa shape index (κ3) is 4.11. The van der Waals surface area contributed by atoms with E-state index in [0.717, 1.165) is 12.0 Å². The highest BCUT2D eigenvalue weighted by molar-refractivity contribution is 6.30. The molecule has 2 heterocycles. The first-order chi connectivity index (χ1) is 11.6. The second-order valence-electron chi connectivity index (χ2n) is 5.67. The van der Waals surface area contributed by atoms with Gasteiger partial charge >= 0.3 is 0 Å². The van der Waals surface area contributed by atoms with E-state index in [1.807, 2.05) is 12.1 Å². The van der Waals surface area contributed by atoms with Crippen LogP contribution in [-0.4, -0.2) is 39.6 Å². The highest BCUT2D eigenvalue weighted by Crippen LogP contribution is 2.17. The molecule has 0 spiro atoms. The molecule has 126 valence electrons. The summed E-state index contributed by atoms with van der Waals surface area (Å²) in [5.74, 6) is 1.06. The van der Waals surface area contributed by atoms with Gasteiger partial charge in [-0.1, -0.05) is 11.6 Å². The number of halogens is 1. The Labute approximate surface area is 144 Å². The van der Waals surface area contributed by atoms with Gasteiger partial charge < -0.3 is 10.6 Å². The molecule has 2 amide bonds. The second kappa shape index (κ2) is 7.44. The van der Waals surface area contributed by atoms with E-state index >= 15 is 0 Å². The molecule has 24 heavy (non-hydrogen) atoms. The number of carbonyl (C=O) groups is 2. The lowest BCUT2D eigenvalue weighted by atomic mass is 10.0. The minimum Gasteiger partial charge on any atom is -0.354 e. The molecule has 0 saturated carbocycles. The van der Waals surface area contributed by atoms with Crippen LogP contribution in [0.1, 0.15) is 25.1 Å². The highest BCUT2D eigenvalue weighted by atomic mass is 35.5. The summed E-state index contributed by atoms with van der Waals surface area (Å²) >= 11 is 5.86. The molecular weight excluding hydrogens is 330 g/mol. The molecule has 1 aliphatic rings. The lowest BCUT2D eigenvalue weighted by Crippen LogP contribution is -2.49. The zero-order chi connectivity index (χ0) is 16.9. The van der Waals surface area contributed by atoms with Gasteiger partial charge in [-0.25, -0.2) is 4.98 Å². The number of amides is 2. The van der Waals surface area contributed by atoms with E-state index < -0.39 is 6.04 Å². The van der Waals surface area contributed by atoms with Crippen molar-refractivity contribution in [2.24, 2.45) is 0 Å². The van der Waals surface area contributed by atoms with Crippen molar-refractivity contribution in [1.29, 1.82) is 0 Å². The molecule has 0 bridgehead atoms. The molecule has 3 N–H and O–H groups in total. The van der Waals surface area contributed by atoms with Crippen LogP contribution in [0.15, 0.2) is 24.3 Å². The maximum absolute atomic E-state index is 12.0. The van der Waals surface area contributed by atoms with E-state index in [1.165, 1.54) is 0 Å². The van der Waals surface area contributed by atoms with Crippen LogP contribution in [0.2, 0.25) is 5.02 Å². The molecule has 1 aliphatic heterocycles. The molecule has 1 aromatic heterocycles. The Bertz CT molecular complexity index is 728. The number of nitrogens with zero attached hydrogens (tertiary/aromatic N) is 2. The van der Waals surface area contributed by atoms with Gasteiger partial charge in [0, 0.05) is 30.0 Å². The zero-order valence-electron chi connectivity index (χ0n) is 13.0. The smallest absolute Gasteiger partial charge is 0.242 e. The van der Waals surface area contributed by atoms with Crippen molar-refractivity contribution in [3.05, 3.63) is 35.1 Å². The first kappa shape index (κ1) is 16.4. The number of rotatable bonds is 5. The number of piperidine rings is 1. The third-order valence-corrected chi connectivity index (χ3v) is 4.10. The van der Waals surface area contributed by atoms with E-state index in [-0.39, 0.29) is 11.8 Å². The van der Waals surface area contributed by atoms with E-state index in [4.69, 9.17) is 11.6 Å². The number of hydrogen-bond acceptors (Lipinski definition) is 4. The van der Waals surface area contributed by atoms with Gasteiger partial charge in [-0.15, -0.1) is 0 Å². The number of aromatic nitrogens is 3. The van der Waals surface area contributed by atoms with Gasteiger partial charge in [-0.3, -0.25) is 14.7 Å². The number of aromatic amines is 1. The molecule has 0 aliphatic carbocycles. The van der Waals surface area contributed by atoms with Crippen molar-refractivity contribution in [3.8, 4) is 11.4 Å². The normalized spacial score (nSPS) is 17.4. The van der Waals surface area contributed by atoms with E-state index in [9.17, 15) is 9.59 Å². The van der Waals surface area contributed by atoms with Crippen LogP contribution in [-0.2, 0) is 16.0 Å². The van der Waals surface area contributed by atoms with Gasteiger partial charge in [0.2, 0.25) is 11.8 Å². The number of carbonyl (C=O) groups excluding carboxylic acids is 2. The molecular formula is C16H18ClN5O2. The van der Waals surface area contributed by atoms with Crippen molar-refractivity contribution in [2.75, 3.05) is 6.54 Å².